The Kier molecular flexibility index (Phi) is 2.07. The largest absolute Gasteiger partial charge is 0.298 e. The predicted octanol–water partition coefficient (Wildman–Crippen LogP) is 2.32. The van der Waals surface area contributed by atoms with Crippen LogP contribution in [0, 0.1) is 0 Å². The molecule has 0 fully saturated rings. The van der Waals surface area contributed by atoms with E-state index in [0.29, 0.717) is 5.65 Å². The maximum Gasteiger partial charge on any atom is 0.225 e. The van der Waals surface area contributed by atoms with Crippen LogP contribution in [0.4, 0.5) is 0 Å². The molecule has 0 aliphatic heterocycles. The number of halogens is 1. The van der Waals surface area contributed by atoms with Crippen LogP contribution < -0.4 is 0 Å². The molecule has 4 aromatic heterocycles. The normalized spacial score (nSPS) is 11.4. The fourth-order valence-corrected chi connectivity index (χ4v) is 2.31. The number of nitrogens with zero attached hydrogens (tertiary/aromatic N) is 5. The molecule has 4 heterocycles. The topological polar surface area (TPSA) is 71.8 Å². The number of aromatic amines is 1. The van der Waals surface area contributed by atoms with E-state index in [9.17, 15) is 0 Å². The third-order valence-electron chi connectivity index (χ3n) is 2.95. The summed E-state index contributed by atoms with van der Waals surface area (Å²) in [5, 5.41) is 7.80. The van der Waals surface area contributed by atoms with E-state index in [1.807, 2.05) is 28.8 Å². The zero-order valence-corrected chi connectivity index (χ0v) is 10.3. The Morgan fingerprint density at radius 1 is 1.21 bits per heavy atom. The quantitative estimate of drug-likeness (QED) is 0.539. The highest BCUT2D eigenvalue weighted by Gasteiger charge is 2.13. The lowest BCUT2D eigenvalue weighted by Gasteiger charge is -2.05. The van der Waals surface area contributed by atoms with Gasteiger partial charge in [-0.2, -0.15) is 10.1 Å². The second kappa shape index (κ2) is 3.76. The summed E-state index contributed by atoms with van der Waals surface area (Å²) in [5.74, 6) is 0. The molecule has 0 atom stereocenters. The highest BCUT2D eigenvalue weighted by atomic mass is 35.5. The molecule has 0 aromatic carbocycles. The standard InChI is InChI=1S/C12H7ClN6/c13-12-16-10(7-6-15-18-11(7)17-12)8-2-1-3-9-14-4-5-19(8)9/h1-6H,(H,15,16,17,18). The van der Waals surface area contributed by atoms with Gasteiger partial charge in [-0.1, -0.05) is 6.07 Å². The van der Waals surface area contributed by atoms with Crippen molar-refractivity contribution in [2.75, 3.05) is 0 Å². The Balaban J connectivity index is 2.14. The Bertz CT molecular complexity index is 893. The molecule has 4 aromatic rings. The van der Waals surface area contributed by atoms with E-state index in [1.54, 1.807) is 12.4 Å². The van der Waals surface area contributed by atoms with Crippen molar-refractivity contribution in [2.24, 2.45) is 0 Å². The summed E-state index contributed by atoms with van der Waals surface area (Å²) < 4.78 is 1.95. The fraction of sp³-hybridized carbons (Fsp3) is 0. The molecule has 0 unspecified atom stereocenters. The molecule has 0 aliphatic carbocycles. The van der Waals surface area contributed by atoms with Crippen LogP contribution in [-0.2, 0) is 0 Å². The molecule has 0 bridgehead atoms. The van der Waals surface area contributed by atoms with Crippen molar-refractivity contribution in [3.63, 3.8) is 0 Å². The number of aromatic nitrogens is 6. The number of nitrogens with one attached hydrogen (secondary N) is 1. The number of hydrogen-bond acceptors (Lipinski definition) is 4. The van der Waals surface area contributed by atoms with E-state index in [0.717, 1.165) is 22.4 Å². The van der Waals surface area contributed by atoms with Crippen LogP contribution in [0.2, 0.25) is 5.28 Å². The van der Waals surface area contributed by atoms with Crippen molar-refractivity contribution in [2.45, 2.75) is 0 Å². The van der Waals surface area contributed by atoms with E-state index in [1.165, 1.54) is 0 Å². The molecule has 4 rings (SSSR count). The average molecular weight is 271 g/mol. The monoisotopic (exact) mass is 270 g/mol. The van der Waals surface area contributed by atoms with Gasteiger partial charge in [-0.15, -0.1) is 0 Å². The lowest BCUT2D eigenvalue weighted by molar-refractivity contribution is 1.09. The van der Waals surface area contributed by atoms with Gasteiger partial charge in [0, 0.05) is 12.4 Å². The fourth-order valence-electron chi connectivity index (χ4n) is 2.14. The minimum atomic E-state index is 0.184. The summed E-state index contributed by atoms with van der Waals surface area (Å²) >= 11 is 5.96. The van der Waals surface area contributed by atoms with E-state index in [-0.39, 0.29) is 5.28 Å². The molecular weight excluding hydrogens is 264 g/mol. The predicted molar refractivity (Wildman–Crippen MR) is 70.9 cm³/mol. The summed E-state index contributed by atoms with van der Waals surface area (Å²) in [5.41, 5.74) is 3.09. The second-order valence-electron chi connectivity index (χ2n) is 4.04. The lowest BCUT2D eigenvalue weighted by Crippen LogP contribution is -1.95. The second-order valence-corrected chi connectivity index (χ2v) is 4.38. The van der Waals surface area contributed by atoms with E-state index in [2.05, 4.69) is 25.1 Å². The summed E-state index contributed by atoms with van der Waals surface area (Å²) in [6.07, 6.45) is 5.32. The number of pyridine rings is 1. The van der Waals surface area contributed by atoms with Gasteiger partial charge in [0.25, 0.3) is 0 Å². The van der Waals surface area contributed by atoms with Crippen molar-refractivity contribution in [3.05, 3.63) is 42.1 Å². The molecule has 0 amide bonds. The summed E-state index contributed by atoms with van der Waals surface area (Å²) in [4.78, 5) is 12.7. The van der Waals surface area contributed by atoms with Crippen LogP contribution in [0.5, 0.6) is 0 Å². The van der Waals surface area contributed by atoms with Gasteiger partial charge in [0.05, 0.1) is 17.3 Å². The van der Waals surface area contributed by atoms with Gasteiger partial charge in [0.2, 0.25) is 5.28 Å². The maximum atomic E-state index is 5.96. The first kappa shape index (κ1) is 10.5. The first-order chi connectivity index (χ1) is 9.33. The van der Waals surface area contributed by atoms with E-state index < -0.39 is 0 Å². The van der Waals surface area contributed by atoms with Gasteiger partial charge in [-0.3, -0.25) is 9.50 Å². The summed E-state index contributed by atoms with van der Waals surface area (Å²) in [6.45, 7) is 0. The Morgan fingerprint density at radius 2 is 2.16 bits per heavy atom. The zero-order chi connectivity index (χ0) is 12.8. The SMILES string of the molecule is Clc1nc(-c2cccc3nccn23)c2cn[nH]c2n1. The highest BCUT2D eigenvalue weighted by Crippen LogP contribution is 2.26. The van der Waals surface area contributed by atoms with E-state index >= 15 is 0 Å². The summed E-state index contributed by atoms with van der Waals surface area (Å²) in [6, 6.07) is 5.82. The van der Waals surface area contributed by atoms with Crippen molar-refractivity contribution in [3.8, 4) is 11.4 Å². The van der Waals surface area contributed by atoms with E-state index in [4.69, 9.17) is 11.6 Å². The molecule has 0 saturated heterocycles. The third-order valence-corrected chi connectivity index (χ3v) is 3.12. The first-order valence-electron chi connectivity index (χ1n) is 5.62. The number of H-pyrrole nitrogens is 1. The van der Waals surface area contributed by atoms with Crippen molar-refractivity contribution >= 4 is 28.3 Å². The van der Waals surface area contributed by atoms with Gasteiger partial charge < -0.3 is 0 Å². The molecule has 0 aliphatic rings. The molecule has 0 saturated carbocycles. The zero-order valence-electron chi connectivity index (χ0n) is 9.58. The number of hydrogen-bond donors (Lipinski definition) is 1. The first-order valence-corrected chi connectivity index (χ1v) is 6.00. The van der Waals surface area contributed by atoms with Crippen molar-refractivity contribution < 1.29 is 0 Å². The molecule has 6 nitrogen and oxygen atoms in total. The van der Waals surface area contributed by atoms with Crippen LogP contribution in [0.15, 0.2) is 36.8 Å². The number of imidazole rings is 1. The molecule has 19 heavy (non-hydrogen) atoms. The number of fused-ring (bicyclic) bond motifs is 2. The van der Waals surface area contributed by atoms with Gasteiger partial charge >= 0.3 is 0 Å². The van der Waals surface area contributed by atoms with Crippen LogP contribution >= 0.6 is 11.6 Å². The molecule has 92 valence electrons. The molecule has 0 radical (unpaired) electrons. The van der Waals surface area contributed by atoms with Crippen molar-refractivity contribution in [1.82, 2.24) is 29.5 Å². The summed E-state index contributed by atoms with van der Waals surface area (Å²) in [7, 11) is 0. The number of rotatable bonds is 1. The van der Waals surface area contributed by atoms with Crippen LogP contribution in [0.1, 0.15) is 0 Å². The Hall–Kier alpha value is -2.47. The van der Waals surface area contributed by atoms with Crippen LogP contribution in [0.25, 0.3) is 28.1 Å². The molecular formula is C12H7ClN6. The van der Waals surface area contributed by atoms with Gasteiger partial charge in [0.15, 0.2) is 5.65 Å². The van der Waals surface area contributed by atoms with Gasteiger partial charge in [-0.25, -0.2) is 9.97 Å². The Labute approximate surface area is 112 Å². The Morgan fingerprint density at radius 3 is 3.11 bits per heavy atom. The maximum absolute atomic E-state index is 5.96. The minimum Gasteiger partial charge on any atom is -0.298 e. The smallest absolute Gasteiger partial charge is 0.225 e. The van der Waals surface area contributed by atoms with Crippen molar-refractivity contribution in [1.29, 1.82) is 0 Å². The van der Waals surface area contributed by atoms with Crippen LogP contribution in [0.3, 0.4) is 0 Å². The molecule has 0 spiro atoms. The van der Waals surface area contributed by atoms with Gasteiger partial charge in [-0.05, 0) is 23.7 Å². The minimum absolute atomic E-state index is 0.184. The van der Waals surface area contributed by atoms with Gasteiger partial charge in [0.1, 0.15) is 11.3 Å². The lowest BCUT2D eigenvalue weighted by atomic mass is 10.2. The third kappa shape index (κ3) is 1.50. The van der Waals surface area contributed by atoms with Crippen LogP contribution in [-0.4, -0.2) is 29.5 Å². The highest BCUT2D eigenvalue weighted by molar-refractivity contribution is 6.28. The average Bonchev–Trinajstić information content (AvgIpc) is 3.04. The molecule has 7 heteroatoms. The molecule has 1 N–H and O–H groups in total.